The van der Waals surface area contributed by atoms with Crippen LogP contribution in [0.1, 0.15) is 25.8 Å². The minimum Gasteiger partial charge on any atom is -0.480 e. The minimum absolute atomic E-state index is 0.124. The van der Waals surface area contributed by atoms with E-state index >= 15 is 0 Å². The Balaban J connectivity index is 2.20. The number of carbonyl (C=O) groups excluding carboxylic acids is 3. The normalized spacial score (nSPS) is 19.4. The van der Waals surface area contributed by atoms with Gasteiger partial charge < -0.3 is 26.2 Å². The summed E-state index contributed by atoms with van der Waals surface area (Å²) in [5.74, 6) is -3.69. The van der Waals surface area contributed by atoms with Crippen LogP contribution in [0.4, 0.5) is 0 Å². The van der Waals surface area contributed by atoms with Crippen LogP contribution in [0.2, 0.25) is 0 Å². The maximum atomic E-state index is 13.3. The van der Waals surface area contributed by atoms with E-state index in [4.69, 9.17) is 11.6 Å². The highest BCUT2D eigenvalue weighted by atomic mass is 35.5. The average molecular weight is 552 g/mol. The largest absolute Gasteiger partial charge is 0.480 e. The van der Waals surface area contributed by atoms with Gasteiger partial charge in [0, 0.05) is 11.5 Å². The fraction of sp³-hybridized carbons (Fsp3) is 0.462. The third-order valence-electron chi connectivity index (χ3n) is 5.85. The Morgan fingerprint density at radius 3 is 2.24 bits per heavy atom. The van der Waals surface area contributed by atoms with Gasteiger partial charge >= 0.3 is 5.97 Å². The Morgan fingerprint density at radius 1 is 1.03 bits per heavy atom. The van der Waals surface area contributed by atoms with E-state index in [0.29, 0.717) is 10.8 Å². The van der Waals surface area contributed by atoms with Crippen molar-refractivity contribution >= 4 is 47.1 Å². The van der Waals surface area contributed by atoms with E-state index in [2.05, 4.69) is 16.0 Å². The number of amides is 3. The first kappa shape index (κ1) is 30.4. The molecule has 0 bridgehead atoms. The molecule has 0 aromatic heterocycles. The molecule has 2 rings (SSSR count). The first-order valence-electron chi connectivity index (χ1n) is 11.9. The number of hydrogen-bond donors (Lipinski definition) is 5. The number of aliphatic hydroxyl groups is 1. The van der Waals surface area contributed by atoms with Crippen molar-refractivity contribution in [3.05, 3.63) is 59.2 Å². The van der Waals surface area contributed by atoms with E-state index in [9.17, 15) is 29.4 Å². The van der Waals surface area contributed by atoms with E-state index in [1.54, 1.807) is 38.1 Å². The molecule has 0 radical (unpaired) electrons. The standard InChI is InChI=1S/C26H34ClN3O6S/c1-15(2)22(30-23(32)18-10-9-17(27)14-21(18)31)25(34)29-20(13-16-7-5-4-6-8-16)24(33)28-19(26(35)36)11-12-37-3/h4-10,14-15,18-22,31H,11-13H2,1-3H3,(H,28,33)(H,29,34)(H,30,32)(H,35,36)/t18?,19-,20?,21?,22-/m0/s1. The molecule has 0 heterocycles. The van der Waals surface area contributed by atoms with E-state index in [-0.39, 0.29) is 18.8 Å². The van der Waals surface area contributed by atoms with E-state index in [1.807, 2.05) is 12.3 Å². The zero-order valence-corrected chi connectivity index (χ0v) is 22.6. The third-order valence-corrected chi connectivity index (χ3v) is 6.75. The van der Waals surface area contributed by atoms with Gasteiger partial charge in [-0.05, 0) is 42.1 Å². The van der Waals surface area contributed by atoms with Crippen molar-refractivity contribution in [1.82, 2.24) is 16.0 Å². The van der Waals surface area contributed by atoms with Crippen LogP contribution < -0.4 is 16.0 Å². The number of carboxylic acids is 1. The number of hydrogen-bond acceptors (Lipinski definition) is 6. The molecule has 1 aromatic carbocycles. The number of halogens is 1. The lowest BCUT2D eigenvalue weighted by Crippen LogP contribution is -2.58. The van der Waals surface area contributed by atoms with Crippen LogP contribution in [0.15, 0.2) is 53.6 Å². The van der Waals surface area contributed by atoms with Crippen LogP contribution in [0.3, 0.4) is 0 Å². The van der Waals surface area contributed by atoms with Gasteiger partial charge in [0.1, 0.15) is 18.1 Å². The number of allylic oxidation sites excluding steroid dienone is 2. The molecule has 37 heavy (non-hydrogen) atoms. The van der Waals surface area contributed by atoms with Gasteiger partial charge in [-0.2, -0.15) is 11.8 Å². The smallest absolute Gasteiger partial charge is 0.326 e. The third kappa shape index (κ3) is 9.53. The molecule has 1 aliphatic rings. The molecule has 3 amide bonds. The zero-order valence-electron chi connectivity index (χ0n) is 21.0. The SMILES string of the molecule is CSCC[C@H](NC(=O)C(Cc1ccccc1)NC(=O)[C@@H](NC(=O)C1C=CC(Cl)=CC1O)C(C)C)C(=O)O. The molecular weight excluding hydrogens is 518 g/mol. The Morgan fingerprint density at radius 2 is 1.68 bits per heavy atom. The first-order valence-corrected chi connectivity index (χ1v) is 13.7. The van der Waals surface area contributed by atoms with Gasteiger partial charge in [0.2, 0.25) is 17.7 Å². The number of carbonyl (C=O) groups is 4. The number of rotatable bonds is 13. The lowest BCUT2D eigenvalue weighted by atomic mass is 9.94. The van der Waals surface area contributed by atoms with Crippen LogP contribution >= 0.6 is 23.4 Å². The number of aliphatic hydroxyl groups excluding tert-OH is 1. The number of thioether (sulfide) groups is 1. The number of aliphatic carboxylic acids is 1. The lowest BCUT2D eigenvalue weighted by Gasteiger charge is -2.28. The monoisotopic (exact) mass is 551 g/mol. The second-order valence-corrected chi connectivity index (χ2v) is 10.5. The molecule has 0 spiro atoms. The van der Waals surface area contributed by atoms with Gasteiger partial charge in [-0.25, -0.2) is 4.79 Å². The van der Waals surface area contributed by atoms with Crippen molar-refractivity contribution in [2.45, 2.75) is 50.9 Å². The van der Waals surface area contributed by atoms with Crippen molar-refractivity contribution in [1.29, 1.82) is 0 Å². The van der Waals surface area contributed by atoms with Crippen LogP contribution in [0, 0.1) is 11.8 Å². The van der Waals surface area contributed by atoms with Crippen LogP contribution in [-0.4, -0.2) is 70.1 Å². The minimum atomic E-state index is -1.16. The van der Waals surface area contributed by atoms with Crippen LogP contribution in [0.5, 0.6) is 0 Å². The molecule has 0 saturated heterocycles. The van der Waals surface area contributed by atoms with Crippen molar-refractivity contribution in [2.24, 2.45) is 11.8 Å². The highest BCUT2D eigenvalue weighted by Gasteiger charge is 2.33. The molecule has 9 nitrogen and oxygen atoms in total. The molecule has 5 N–H and O–H groups in total. The van der Waals surface area contributed by atoms with Crippen molar-refractivity contribution in [2.75, 3.05) is 12.0 Å². The maximum Gasteiger partial charge on any atom is 0.326 e. The molecule has 5 atom stereocenters. The van der Waals surface area contributed by atoms with Crippen molar-refractivity contribution < 1.29 is 29.4 Å². The quantitative estimate of drug-likeness (QED) is 0.251. The second kappa shape index (κ2) is 14.8. The Hall–Kier alpha value is -2.82. The Labute approximate surface area is 226 Å². The molecule has 202 valence electrons. The predicted octanol–water partition coefficient (Wildman–Crippen LogP) is 1.85. The molecule has 1 aromatic rings. The predicted molar refractivity (Wildman–Crippen MR) is 144 cm³/mol. The number of benzene rings is 1. The summed E-state index contributed by atoms with van der Waals surface area (Å²) in [4.78, 5) is 51.0. The fourth-order valence-electron chi connectivity index (χ4n) is 3.74. The summed E-state index contributed by atoms with van der Waals surface area (Å²) >= 11 is 7.33. The second-order valence-electron chi connectivity index (χ2n) is 9.09. The topological polar surface area (TPSA) is 145 Å². The van der Waals surface area contributed by atoms with Crippen molar-refractivity contribution in [3.63, 3.8) is 0 Å². The molecular formula is C26H34ClN3O6S. The van der Waals surface area contributed by atoms with E-state index in [0.717, 1.165) is 5.56 Å². The first-order chi connectivity index (χ1) is 17.5. The summed E-state index contributed by atoms with van der Waals surface area (Å²) < 4.78 is 0. The summed E-state index contributed by atoms with van der Waals surface area (Å²) in [7, 11) is 0. The van der Waals surface area contributed by atoms with Crippen molar-refractivity contribution in [3.8, 4) is 0 Å². The van der Waals surface area contributed by atoms with Gasteiger partial charge in [0.15, 0.2) is 0 Å². The summed E-state index contributed by atoms with van der Waals surface area (Å²) in [6.45, 7) is 3.48. The summed E-state index contributed by atoms with van der Waals surface area (Å²) in [6, 6.07) is 5.82. The summed E-state index contributed by atoms with van der Waals surface area (Å²) in [6.07, 6.45) is 5.36. The maximum absolute atomic E-state index is 13.3. The van der Waals surface area contributed by atoms with Gasteiger partial charge in [-0.1, -0.05) is 61.9 Å². The summed E-state index contributed by atoms with van der Waals surface area (Å²) in [5.41, 5.74) is 0.767. The Kier molecular flexibility index (Phi) is 12.2. The lowest BCUT2D eigenvalue weighted by molar-refractivity contribution is -0.142. The summed E-state index contributed by atoms with van der Waals surface area (Å²) in [5, 5.41) is 27.9. The van der Waals surface area contributed by atoms with Gasteiger partial charge in [-0.3, -0.25) is 14.4 Å². The average Bonchev–Trinajstić information content (AvgIpc) is 2.84. The van der Waals surface area contributed by atoms with Crippen LogP contribution in [0.25, 0.3) is 0 Å². The van der Waals surface area contributed by atoms with Crippen LogP contribution in [-0.2, 0) is 25.6 Å². The molecule has 0 aliphatic heterocycles. The molecule has 11 heteroatoms. The highest BCUT2D eigenvalue weighted by Crippen LogP contribution is 2.20. The molecule has 0 saturated carbocycles. The van der Waals surface area contributed by atoms with Gasteiger partial charge in [0.05, 0.1) is 12.0 Å². The highest BCUT2D eigenvalue weighted by molar-refractivity contribution is 7.98. The number of carboxylic acid groups (broad SMARTS) is 1. The molecule has 1 aliphatic carbocycles. The fourth-order valence-corrected chi connectivity index (χ4v) is 4.42. The Bertz CT molecular complexity index is 1020. The number of nitrogens with one attached hydrogen (secondary N) is 3. The molecule has 0 fully saturated rings. The van der Waals surface area contributed by atoms with Gasteiger partial charge in [-0.15, -0.1) is 0 Å². The van der Waals surface area contributed by atoms with E-state index < -0.39 is 53.8 Å². The zero-order chi connectivity index (χ0) is 27.5. The van der Waals surface area contributed by atoms with E-state index in [1.165, 1.54) is 30.0 Å². The molecule has 3 unspecified atom stereocenters. The van der Waals surface area contributed by atoms with Gasteiger partial charge in [0.25, 0.3) is 0 Å².